The second-order valence-corrected chi connectivity index (χ2v) is 8.27. The van der Waals surface area contributed by atoms with Gasteiger partial charge >= 0.3 is 0 Å². The van der Waals surface area contributed by atoms with Gasteiger partial charge in [-0.25, -0.2) is 9.97 Å². The summed E-state index contributed by atoms with van der Waals surface area (Å²) in [5, 5.41) is 3.94. The molecule has 0 bridgehead atoms. The fraction of sp³-hybridized carbons (Fsp3) is 0.273. The molecule has 1 aliphatic heterocycles. The molecule has 0 atom stereocenters. The van der Waals surface area contributed by atoms with Crippen molar-refractivity contribution in [3.8, 4) is 11.3 Å². The molecular formula is C22H21N5O2S. The molecule has 0 saturated carbocycles. The molecule has 7 nitrogen and oxygen atoms in total. The highest BCUT2D eigenvalue weighted by molar-refractivity contribution is 7.21. The SMILES string of the molecule is O=C(NCc1ccco1)C1CCN(c2nc3ccc(-c4cccnc4)nc3s2)CC1. The Hall–Kier alpha value is -3.26. The smallest absolute Gasteiger partial charge is 0.223 e. The van der Waals surface area contributed by atoms with Gasteiger partial charge in [-0.3, -0.25) is 9.78 Å². The molecule has 1 aliphatic rings. The van der Waals surface area contributed by atoms with Gasteiger partial charge in [-0.1, -0.05) is 11.3 Å². The highest BCUT2D eigenvalue weighted by Crippen LogP contribution is 2.32. The maximum absolute atomic E-state index is 12.5. The number of piperidine rings is 1. The molecule has 0 aromatic carbocycles. The second-order valence-electron chi connectivity index (χ2n) is 7.32. The summed E-state index contributed by atoms with van der Waals surface area (Å²) in [5.41, 5.74) is 2.80. The Kier molecular flexibility index (Phi) is 5.15. The lowest BCUT2D eigenvalue weighted by atomic mass is 9.96. The lowest BCUT2D eigenvalue weighted by Gasteiger charge is -2.30. The van der Waals surface area contributed by atoms with Gasteiger partial charge in [-0.15, -0.1) is 0 Å². The van der Waals surface area contributed by atoms with Crippen LogP contribution in [0.15, 0.2) is 59.5 Å². The van der Waals surface area contributed by atoms with E-state index in [9.17, 15) is 4.79 Å². The number of rotatable bonds is 5. The summed E-state index contributed by atoms with van der Waals surface area (Å²) in [6.07, 6.45) is 6.82. The minimum Gasteiger partial charge on any atom is -0.467 e. The van der Waals surface area contributed by atoms with E-state index in [4.69, 9.17) is 14.4 Å². The average Bonchev–Trinajstić information content (AvgIpc) is 3.47. The maximum Gasteiger partial charge on any atom is 0.223 e. The van der Waals surface area contributed by atoms with E-state index in [0.717, 1.165) is 58.4 Å². The Morgan fingerprint density at radius 2 is 2.07 bits per heavy atom. The van der Waals surface area contributed by atoms with E-state index in [-0.39, 0.29) is 11.8 Å². The van der Waals surface area contributed by atoms with E-state index in [2.05, 4.69) is 15.2 Å². The summed E-state index contributed by atoms with van der Waals surface area (Å²) in [7, 11) is 0. The van der Waals surface area contributed by atoms with Gasteiger partial charge in [0, 0.05) is 37.0 Å². The van der Waals surface area contributed by atoms with E-state index in [1.54, 1.807) is 23.8 Å². The first-order valence-corrected chi connectivity index (χ1v) is 10.8. The fourth-order valence-electron chi connectivity index (χ4n) is 3.68. The van der Waals surface area contributed by atoms with Crippen molar-refractivity contribution in [2.24, 2.45) is 5.92 Å². The Morgan fingerprint density at radius 3 is 2.83 bits per heavy atom. The van der Waals surface area contributed by atoms with Crippen molar-refractivity contribution in [2.75, 3.05) is 18.0 Å². The topological polar surface area (TPSA) is 84.2 Å². The number of hydrogen-bond acceptors (Lipinski definition) is 7. The van der Waals surface area contributed by atoms with Crippen LogP contribution in [0.4, 0.5) is 5.13 Å². The van der Waals surface area contributed by atoms with E-state index in [1.165, 1.54) is 0 Å². The predicted octanol–water partition coefficient (Wildman–Crippen LogP) is 3.88. The minimum atomic E-state index is 0.0286. The van der Waals surface area contributed by atoms with Gasteiger partial charge in [-0.05, 0) is 49.2 Å². The molecule has 0 aliphatic carbocycles. The predicted molar refractivity (Wildman–Crippen MR) is 116 cm³/mol. The van der Waals surface area contributed by atoms with Crippen LogP contribution in [-0.2, 0) is 11.3 Å². The molecule has 0 spiro atoms. The zero-order valence-corrected chi connectivity index (χ0v) is 17.1. The number of hydrogen-bond donors (Lipinski definition) is 1. The number of fused-ring (bicyclic) bond motifs is 1. The lowest BCUT2D eigenvalue weighted by Crippen LogP contribution is -2.40. The summed E-state index contributed by atoms with van der Waals surface area (Å²) in [6, 6.07) is 11.6. The molecule has 8 heteroatoms. The summed E-state index contributed by atoms with van der Waals surface area (Å²) < 4.78 is 5.27. The third-order valence-electron chi connectivity index (χ3n) is 5.35. The third kappa shape index (κ3) is 3.91. The number of amides is 1. The highest BCUT2D eigenvalue weighted by Gasteiger charge is 2.26. The van der Waals surface area contributed by atoms with Gasteiger partial charge in [0.15, 0.2) is 5.13 Å². The zero-order valence-electron chi connectivity index (χ0n) is 16.3. The molecule has 0 unspecified atom stereocenters. The molecule has 1 fully saturated rings. The quantitative estimate of drug-likeness (QED) is 0.529. The van der Waals surface area contributed by atoms with Crippen LogP contribution in [0.3, 0.4) is 0 Å². The molecule has 5 heterocycles. The molecule has 1 saturated heterocycles. The van der Waals surface area contributed by atoms with Crippen LogP contribution in [0, 0.1) is 5.92 Å². The van der Waals surface area contributed by atoms with Crippen LogP contribution in [0.25, 0.3) is 21.6 Å². The molecule has 1 N–H and O–H groups in total. The number of nitrogens with zero attached hydrogens (tertiary/aromatic N) is 4. The summed E-state index contributed by atoms with van der Waals surface area (Å²) in [6.45, 7) is 2.07. The number of thiazole rings is 1. The van der Waals surface area contributed by atoms with Crippen LogP contribution in [-0.4, -0.2) is 33.9 Å². The molecule has 4 aromatic heterocycles. The zero-order chi connectivity index (χ0) is 20.3. The van der Waals surface area contributed by atoms with Crippen LogP contribution < -0.4 is 10.2 Å². The Morgan fingerprint density at radius 1 is 1.17 bits per heavy atom. The van der Waals surface area contributed by atoms with Crippen molar-refractivity contribution in [3.05, 3.63) is 60.8 Å². The van der Waals surface area contributed by atoms with Gasteiger partial charge in [0.1, 0.15) is 16.1 Å². The van der Waals surface area contributed by atoms with Crippen LogP contribution in [0.2, 0.25) is 0 Å². The van der Waals surface area contributed by atoms with Gasteiger partial charge in [0.25, 0.3) is 0 Å². The molecule has 1 amide bonds. The first-order valence-electron chi connectivity index (χ1n) is 9.99. The summed E-state index contributed by atoms with van der Waals surface area (Å²) in [4.78, 5) is 29.3. The molecule has 152 valence electrons. The van der Waals surface area contributed by atoms with Gasteiger partial charge in [0.2, 0.25) is 5.91 Å². The molecular weight excluding hydrogens is 398 g/mol. The van der Waals surface area contributed by atoms with Crippen molar-refractivity contribution < 1.29 is 9.21 Å². The van der Waals surface area contributed by atoms with Crippen molar-refractivity contribution in [3.63, 3.8) is 0 Å². The van der Waals surface area contributed by atoms with E-state index in [1.807, 2.05) is 42.6 Å². The van der Waals surface area contributed by atoms with Gasteiger partial charge in [0.05, 0.1) is 18.5 Å². The standard InChI is InChI=1S/C22H21N5O2S/c28-20(24-14-17-4-2-12-29-17)15-7-10-27(11-8-15)22-26-19-6-5-18(25-21(19)30-22)16-3-1-9-23-13-16/h1-6,9,12-13,15H,7-8,10-11,14H2,(H,24,28). The van der Waals surface area contributed by atoms with Crippen molar-refractivity contribution in [1.29, 1.82) is 0 Å². The Balaban J connectivity index is 1.23. The Bertz CT molecular complexity index is 1140. The number of aromatic nitrogens is 3. The van der Waals surface area contributed by atoms with Crippen molar-refractivity contribution in [1.82, 2.24) is 20.3 Å². The largest absolute Gasteiger partial charge is 0.467 e. The van der Waals surface area contributed by atoms with E-state index in [0.29, 0.717) is 6.54 Å². The number of carbonyl (C=O) groups is 1. The van der Waals surface area contributed by atoms with E-state index < -0.39 is 0 Å². The fourth-order valence-corrected chi connectivity index (χ4v) is 4.67. The summed E-state index contributed by atoms with van der Waals surface area (Å²) >= 11 is 1.60. The molecule has 4 aromatic rings. The maximum atomic E-state index is 12.5. The number of pyridine rings is 2. The monoisotopic (exact) mass is 419 g/mol. The Labute approximate surface area is 177 Å². The molecule has 30 heavy (non-hydrogen) atoms. The first kappa shape index (κ1) is 18.7. The van der Waals surface area contributed by atoms with Crippen molar-refractivity contribution >= 4 is 32.7 Å². The van der Waals surface area contributed by atoms with E-state index >= 15 is 0 Å². The minimum absolute atomic E-state index is 0.0286. The number of carbonyl (C=O) groups excluding carboxylic acids is 1. The third-order valence-corrected chi connectivity index (χ3v) is 6.38. The van der Waals surface area contributed by atoms with Crippen LogP contribution in [0.1, 0.15) is 18.6 Å². The second kappa shape index (κ2) is 8.23. The molecule has 5 rings (SSSR count). The number of furan rings is 1. The van der Waals surface area contributed by atoms with Gasteiger partial charge < -0.3 is 14.6 Å². The lowest BCUT2D eigenvalue weighted by molar-refractivity contribution is -0.125. The highest BCUT2D eigenvalue weighted by atomic mass is 32.1. The average molecular weight is 420 g/mol. The summed E-state index contributed by atoms with van der Waals surface area (Å²) in [5.74, 6) is 0.896. The van der Waals surface area contributed by atoms with Crippen molar-refractivity contribution in [2.45, 2.75) is 19.4 Å². The van der Waals surface area contributed by atoms with Gasteiger partial charge in [-0.2, -0.15) is 0 Å². The normalized spacial score (nSPS) is 14.9. The van der Waals surface area contributed by atoms with Crippen LogP contribution in [0.5, 0.6) is 0 Å². The van der Waals surface area contributed by atoms with Crippen LogP contribution >= 0.6 is 11.3 Å². The number of anilines is 1. The number of nitrogens with one attached hydrogen (secondary N) is 1. The first-order chi connectivity index (χ1) is 14.8. The molecule has 0 radical (unpaired) electrons.